The monoisotopic (exact) mass is 342 g/mol. The Labute approximate surface area is 136 Å². The van der Waals surface area contributed by atoms with E-state index in [2.05, 4.69) is 10.0 Å². The molecule has 0 aliphatic rings. The minimum Gasteiger partial charge on any atom is -0.480 e. The van der Waals surface area contributed by atoms with Crippen LogP contribution in [-0.4, -0.2) is 38.5 Å². The summed E-state index contributed by atoms with van der Waals surface area (Å²) in [6.45, 7) is 1.90. The molecule has 1 rings (SSSR count). The molecule has 0 fully saturated rings. The molecule has 1 atom stereocenters. The van der Waals surface area contributed by atoms with Gasteiger partial charge in [-0.3, -0.25) is 9.59 Å². The smallest absolute Gasteiger partial charge is 0.321 e. The lowest BCUT2D eigenvalue weighted by Gasteiger charge is -2.14. The molecule has 7 nitrogen and oxygen atoms in total. The molecule has 1 aromatic carbocycles. The maximum atomic E-state index is 12.1. The number of carboxylic acid groups (broad SMARTS) is 1. The van der Waals surface area contributed by atoms with Gasteiger partial charge in [0, 0.05) is 12.6 Å². The van der Waals surface area contributed by atoms with Crippen LogP contribution in [0.1, 0.15) is 42.1 Å². The van der Waals surface area contributed by atoms with Crippen molar-refractivity contribution in [2.75, 3.05) is 7.05 Å². The van der Waals surface area contributed by atoms with Crippen molar-refractivity contribution in [2.45, 2.75) is 38.0 Å². The zero-order valence-electron chi connectivity index (χ0n) is 13.2. The normalized spacial score (nSPS) is 12.6. The molecule has 128 valence electrons. The van der Waals surface area contributed by atoms with E-state index in [0.29, 0.717) is 17.5 Å². The van der Waals surface area contributed by atoms with E-state index in [9.17, 15) is 18.0 Å². The van der Waals surface area contributed by atoms with Crippen LogP contribution >= 0.6 is 0 Å². The predicted molar refractivity (Wildman–Crippen MR) is 86.5 cm³/mol. The van der Waals surface area contributed by atoms with Crippen LogP contribution in [-0.2, 0) is 20.6 Å². The molecule has 0 saturated heterocycles. The molecule has 0 aromatic heterocycles. The number of rotatable bonds is 9. The van der Waals surface area contributed by atoms with E-state index in [0.717, 1.165) is 6.42 Å². The van der Waals surface area contributed by atoms with Gasteiger partial charge in [0.05, 0.1) is 5.75 Å². The molecule has 3 N–H and O–H groups in total. The Hall–Kier alpha value is -1.93. The Bertz CT molecular complexity index is 640. The van der Waals surface area contributed by atoms with Crippen molar-refractivity contribution in [3.63, 3.8) is 0 Å². The topological polar surface area (TPSA) is 113 Å². The zero-order valence-corrected chi connectivity index (χ0v) is 14.0. The van der Waals surface area contributed by atoms with Gasteiger partial charge in [-0.05, 0) is 24.1 Å². The van der Waals surface area contributed by atoms with Gasteiger partial charge in [0.15, 0.2) is 0 Å². The van der Waals surface area contributed by atoms with Crippen molar-refractivity contribution in [2.24, 2.45) is 0 Å². The third kappa shape index (κ3) is 6.37. The third-order valence-electron chi connectivity index (χ3n) is 3.27. The summed E-state index contributed by atoms with van der Waals surface area (Å²) in [5.74, 6) is -1.78. The fraction of sp³-hybridized carbons (Fsp3) is 0.467. The summed E-state index contributed by atoms with van der Waals surface area (Å²) in [5.41, 5.74) is 0.901. The molecular weight excluding hydrogens is 320 g/mol. The van der Waals surface area contributed by atoms with Crippen LogP contribution in [0.15, 0.2) is 24.3 Å². The van der Waals surface area contributed by atoms with E-state index in [1.165, 1.54) is 31.3 Å². The lowest BCUT2D eigenvalue weighted by molar-refractivity contribution is -0.139. The number of hydrogen-bond donors (Lipinski definition) is 3. The summed E-state index contributed by atoms with van der Waals surface area (Å²) in [4.78, 5) is 22.5. The maximum absolute atomic E-state index is 12.1. The van der Waals surface area contributed by atoms with Gasteiger partial charge >= 0.3 is 5.97 Å². The number of sulfonamides is 1. The molecule has 0 bridgehead atoms. The van der Waals surface area contributed by atoms with E-state index in [1.807, 2.05) is 6.92 Å². The quantitative estimate of drug-likeness (QED) is 0.622. The molecule has 0 aliphatic carbocycles. The number of benzene rings is 1. The minimum atomic E-state index is -3.78. The van der Waals surface area contributed by atoms with Gasteiger partial charge in [-0.1, -0.05) is 31.9 Å². The second-order valence-electron chi connectivity index (χ2n) is 5.19. The van der Waals surface area contributed by atoms with E-state index < -0.39 is 22.0 Å². The number of carbonyl (C=O) groups excluding carboxylic acids is 1. The third-order valence-corrected chi connectivity index (χ3v) is 4.62. The Kier molecular flexibility index (Phi) is 7.18. The summed E-state index contributed by atoms with van der Waals surface area (Å²) in [6, 6.07) is 4.99. The SMILES string of the molecule is CCCCC(NS(=O)(=O)Cc1ccc(C(=O)NC)cc1)C(=O)O. The molecule has 0 aliphatic heterocycles. The van der Waals surface area contributed by atoms with Crippen molar-refractivity contribution < 1.29 is 23.1 Å². The van der Waals surface area contributed by atoms with Gasteiger partial charge in [-0.25, -0.2) is 13.1 Å². The highest BCUT2D eigenvalue weighted by molar-refractivity contribution is 7.88. The number of hydrogen-bond acceptors (Lipinski definition) is 4. The first kappa shape index (κ1) is 19.1. The zero-order chi connectivity index (χ0) is 17.5. The molecule has 0 heterocycles. The highest BCUT2D eigenvalue weighted by Gasteiger charge is 2.23. The molecule has 8 heteroatoms. The van der Waals surface area contributed by atoms with Crippen molar-refractivity contribution in [1.29, 1.82) is 0 Å². The number of unbranched alkanes of at least 4 members (excludes halogenated alkanes) is 1. The molecule has 0 radical (unpaired) electrons. The lowest BCUT2D eigenvalue weighted by Crippen LogP contribution is -2.41. The van der Waals surface area contributed by atoms with Gasteiger partial charge in [-0.2, -0.15) is 0 Å². The first-order valence-electron chi connectivity index (χ1n) is 7.33. The van der Waals surface area contributed by atoms with Crippen LogP contribution in [0, 0.1) is 0 Å². The summed E-state index contributed by atoms with van der Waals surface area (Å²) < 4.78 is 26.4. The van der Waals surface area contributed by atoms with Crippen molar-refractivity contribution >= 4 is 21.9 Å². The summed E-state index contributed by atoms with van der Waals surface area (Å²) in [7, 11) is -2.27. The number of carboxylic acids is 1. The van der Waals surface area contributed by atoms with Crippen LogP contribution in [0.5, 0.6) is 0 Å². The largest absolute Gasteiger partial charge is 0.480 e. The maximum Gasteiger partial charge on any atom is 0.321 e. The fourth-order valence-corrected chi connectivity index (χ4v) is 3.38. The van der Waals surface area contributed by atoms with Crippen LogP contribution < -0.4 is 10.0 Å². The van der Waals surface area contributed by atoms with E-state index in [-0.39, 0.29) is 18.1 Å². The summed E-state index contributed by atoms with van der Waals surface area (Å²) in [6.07, 6.45) is 1.66. The molecule has 1 aromatic rings. The average molecular weight is 342 g/mol. The number of nitrogens with one attached hydrogen (secondary N) is 2. The molecule has 1 amide bonds. The predicted octanol–water partition coefficient (Wildman–Crippen LogP) is 1.11. The van der Waals surface area contributed by atoms with E-state index in [1.54, 1.807) is 0 Å². The Morgan fingerprint density at radius 1 is 1.22 bits per heavy atom. The van der Waals surface area contributed by atoms with Crippen LogP contribution in [0.25, 0.3) is 0 Å². The Morgan fingerprint density at radius 2 is 1.83 bits per heavy atom. The van der Waals surface area contributed by atoms with Gasteiger partial charge in [0.2, 0.25) is 10.0 Å². The standard InChI is InChI=1S/C15H22N2O5S/c1-3-4-5-13(15(19)20)17-23(21,22)10-11-6-8-12(9-7-11)14(18)16-2/h6-9,13,17H,3-5,10H2,1-2H3,(H,16,18)(H,19,20). The van der Waals surface area contributed by atoms with E-state index in [4.69, 9.17) is 5.11 Å². The summed E-state index contributed by atoms with van der Waals surface area (Å²) in [5, 5.41) is 11.6. The van der Waals surface area contributed by atoms with Crippen molar-refractivity contribution in [3.8, 4) is 0 Å². The van der Waals surface area contributed by atoms with Gasteiger partial charge in [0.1, 0.15) is 6.04 Å². The molecule has 23 heavy (non-hydrogen) atoms. The first-order valence-corrected chi connectivity index (χ1v) is 8.98. The van der Waals surface area contributed by atoms with Gasteiger partial charge < -0.3 is 10.4 Å². The highest BCUT2D eigenvalue weighted by atomic mass is 32.2. The highest BCUT2D eigenvalue weighted by Crippen LogP contribution is 2.10. The van der Waals surface area contributed by atoms with E-state index >= 15 is 0 Å². The van der Waals surface area contributed by atoms with Crippen LogP contribution in [0.4, 0.5) is 0 Å². The van der Waals surface area contributed by atoms with Gasteiger partial charge in [0.25, 0.3) is 5.91 Å². The van der Waals surface area contributed by atoms with Crippen LogP contribution in [0.2, 0.25) is 0 Å². The summed E-state index contributed by atoms with van der Waals surface area (Å²) >= 11 is 0. The molecular formula is C15H22N2O5S. The fourth-order valence-electron chi connectivity index (χ4n) is 2.02. The molecule has 0 saturated carbocycles. The van der Waals surface area contributed by atoms with Crippen LogP contribution in [0.3, 0.4) is 0 Å². The number of carbonyl (C=O) groups is 2. The first-order chi connectivity index (χ1) is 10.8. The lowest BCUT2D eigenvalue weighted by atomic mass is 10.1. The number of aliphatic carboxylic acids is 1. The molecule has 0 spiro atoms. The Balaban J connectivity index is 2.77. The van der Waals surface area contributed by atoms with Gasteiger partial charge in [-0.15, -0.1) is 0 Å². The average Bonchev–Trinajstić information content (AvgIpc) is 2.50. The number of amides is 1. The van der Waals surface area contributed by atoms with Crippen molar-refractivity contribution in [1.82, 2.24) is 10.0 Å². The Morgan fingerprint density at radius 3 is 2.30 bits per heavy atom. The second kappa shape index (κ2) is 8.64. The minimum absolute atomic E-state index is 0.251. The second-order valence-corrected chi connectivity index (χ2v) is 6.94. The molecule has 1 unspecified atom stereocenters. The van der Waals surface area contributed by atoms with Crippen molar-refractivity contribution in [3.05, 3.63) is 35.4 Å².